The van der Waals surface area contributed by atoms with E-state index in [0.717, 1.165) is 12.8 Å². The highest BCUT2D eigenvalue weighted by atomic mass is 16.5. The Labute approximate surface area is 88.2 Å². The van der Waals surface area contributed by atoms with Crippen molar-refractivity contribution < 1.29 is 4.74 Å². The fourth-order valence-corrected chi connectivity index (χ4v) is 1.03. The van der Waals surface area contributed by atoms with Crippen LogP contribution in [0, 0.1) is 12.3 Å². The van der Waals surface area contributed by atoms with Crippen molar-refractivity contribution in [2.75, 3.05) is 6.61 Å². The van der Waals surface area contributed by atoms with Gasteiger partial charge in [0.15, 0.2) is 0 Å². The van der Waals surface area contributed by atoms with E-state index in [9.17, 15) is 0 Å². The van der Waals surface area contributed by atoms with Gasteiger partial charge in [-0.2, -0.15) is 0 Å². The quantitative estimate of drug-likeness (QED) is 0.663. The van der Waals surface area contributed by atoms with Crippen molar-refractivity contribution in [2.45, 2.75) is 58.1 Å². The van der Waals surface area contributed by atoms with Crippen LogP contribution < -0.4 is 5.73 Å². The highest BCUT2D eigenvalue weighted by Gasteiger charge is 2.20. The summed E-state index contributed by atoms with van der Waals surface area (Å²) in [4.78, 5) is 0. The van der Waals surface area contributed by atoms with E-state index in [-0.39, 0.29) is 11.1 Å². The van der Waals surface area contributed by atoms with Crippen LogP contribution in [0.4, 0.5) is 0 Å². The normalized spacial score (nSPS) is 16.0. The van der Waals surface area contributed by atoms with Crippen molar-refractivity contribution in [3.05, 3.63) is 0 Å². The van der Waals surface area contributed by atoms with E-state index in [2.05, 4.69) is 12.8 Å². The molecule has 0 rings (SSSR count). The second kappa shape index (κ2) is 5.38. The maximum Gasteiger partial charge on any atom is 0.0735 e. The molecule has 0 heterocycles. The van der Waals surface area contributed by atoms with Crippen LogP contribution in [-0.4, -0.2) is 17.7 Å². The Morgan fingerprint density at radius 2 is 1.93 bits per heavy atom. The molecule has 0 aliphatic heterocycles. The van der Waals surface area contributed by atoms with Crippen molar-refractivity contribution in [2.24, 2.45) is 5.73 Å². The highest BCUT2D eigenvalue weighted by molar-refractivity contribution is 4.92. The van der Waals surface area contributed by atoms with Crippen LogP contribution in [0.3, 0.4) is 0 Å². The Balaban J connectivity index is 3.80. The first-order valence-electron chi connectivity index (χ1n) is 5.19. The molecule has 1 unspecified atom stereocenters. The molecule has 0 bridgehead atoms. The zero-order valence-electron chi connectivity index (χ0n) is 9.89. The molecule has 0 aliphatic rings. The summed E-state index contributed by atoms with van der Waals surface area (Å²) in [6.45, 7) is 8.83. The van der Waals surface area contributed by atoms with Crippen molar-refractivity contribution in [3.8, 4) is 12.3 Å². The fraction of sp³-hybridized carbons (Fsp3) is 0.833. The first kappa shape index (κ1) is 13.5. The lowest BCUT2D eigenvalue weighted by Crippen LogP contribution is -2.37. The minimum absolute atomic E-state index is 0.119. The van der Waals surface area contributed by atoms with Crippen LogP contribution in [0.25, 0.3) is 0 Å². The Morgan fingerprint density at radius 3 is 2.36 bits per heavy atom. The maximum atomic E-state index is 6.00. The maximum absolute atomic E-state index is 6.00. The summed E-state index contributed by atoms with van der Waals surface area (Å²) >= 11 is 0. The molecule has 14 heavy (non-hydrogen) atoms. The van der Waals surface area contributed by atoms with E-state index in [1.807, 2.05) is 20.8 Å². The second-order valence-corrected chi connectivity index (χ2v) is 4.75. The van der Waals surface area contributed by atoms with Crippen LogP contribution in [0.5, 0.6) is 0 Å². The van der Waals surface area contributed by atoms with Crippen LogP contribution in [0.2, 0.25) is 0 Å². The molecule has 2 heteroatoms. The van der Waals surface area contributed by atoms with E-state index in [0.29, 0.717) is 13.0 Å². The summed E-state index contributed by atoms with van der Waals surface area (Å²) in [5, 5.41) is 0. The molecule has 0 fully saturated rings. The third-order valence-corrected chi connectivity index (χ3v) is 2.50. The summed E-state index contributed by atoms with van der Waals surface area (Å²) in [6, 6.07) is 0. The van der Waals surface area contributed by atoms with Crippen molar-refractivity contribution >= 4 is 0 Å². The van der Waals surface area contributed by atoms with E-state index in [4.69, 9.17) is 16.9 Å². The Morgan fingerprint density at radius 1 is 1.36 bits per heavy atom. The zero-order valence-corrected chi connectivity index (χ0v) is 9.89. The van der Waals surface area contributed by atoms with Gasteiger partial charge in [-0.3, -0.25) is 0 Å². The average molecular weight is 197 g/mol. The standard InChI is InChI=1S/C12H23NO/c1-6-8-11(3,4)14-10-9-12(5,13)7-2/h1H,7-10,13H2,2-5H3. The first-order chi connectivity index (χ1) is 6.33. The van der Waals surface area contributed by atoms with Crippen molar-refractivity contribution in [3.63, 3.8) is 0 Å². The molecule has 0 aromatic carbocycles. The molecular formula is C12H23NO. The second-order valence-electron chi connectivity index (χ2n) is 4.75. The monoisotopic (exact) mass is 197 g/mol. The van der Waals surface area contributed by atoms with Crippen molar-refractivity contribution in [1.82, 2.24) is 0 Å². The van der Waals surface area contributed by atoms with Gasteiger partial charge >= 0.3 is 0 Å². The summed E-state index contributed by atoms with van der Waals surface area (Å²) in [6.07, 6.45) is 7.72. The molecule has 0 radical (unpaired) electrons. The molecule has 2 nitrogen and oxygen atoms in total. The zero-order chi connectivity index (χ0) is 11.2. The lowest BCUT2D eigenvalue weighted by molar-refractivity contribution is -0.0205. The minimum Gasteiger partial charge on any atom is -0.375 e. The molecule has 82 valence electrons. The summed E-state index contributed by atoms with van der Waals surface area (Å²) in [5.41, 5.74) is 5.66. The van der Waals surface area contributed by atoms with E-state index in [1.54, 1.807) is 0 Å². The average Bonchev–Trinajstić information content (AvgIpc) is 2.03. The molecule has 0 aliphatic carbocycles. The van der Waals surface area contributed by atoms with Gasteiger partial charge in [-0.15, -0.1) is 12.3 Å². The van der Waals surface area contributed by atoms with Gasteiger partial charge in [-0.25, -0.2) is 0 Å². The smallest absolute Gasteiger partial charge is 0.0735 e. The Bertz CT molecular complexity index is 201. The SMILES string of the molecule is C#CCC(C)(C)OCCC(C)(N)CC. The van der Waals surface area contributed by atoms with E-state index >= 15 is 0 Å². The predicted octanol–water partition coefficient (Wildman–Crippen LogP) is 2.32. The number of ether oxygens (including phenoxy) is 1. The number of rotatable bonds is 6. The topological polar surface area (TPSA) is 35.2 Å². The lowest BCUT2D eigenvalue weighted by atomic mass is 9.96. The van der Waals surface area contributed by atoms with Crippen LogP contribution >= 0.6 is 0 Å². The van der Waals surface area contributed by atoms with Gasteiger partial charge in [0.05, 0.1) is 5.60 Å². The number of nitrogens with two attached hydrogens (primary N) is 1. The molecule has 2 N–H and O–H groups in total. The van der Waals surface area contributed by atoms with Gasteiger partial charge in [0.2, 0.25) is 0 Å². The van der Waals surface area contributed by atoms with Crippen LogP contribution in [0.1, 0.15) is 47.0 Å². The fourth-order valence-electron chi connectivity index (χ4n) is 1.03. The molecule has 0 saturated heterocycles. The molecule has 1 atom stereocenters. The number of hydrogen-bond acceptors (Lipinski definition) is 2. The lowest BCUT2D eigenvalue weighted by Gasteiger charge is -2.27. The molecule has 0 aromatic rings. The summed E-state index contributed by atoms with van der Waals surface area (Å²) in [7, 11) is 0. The first-order valence-corrected chi connectivity index (χ1v) is 5.19. The third kappa shape index (κ3) is 6.01. The van der Waals surface area contributed by atoms with Crippen LogP contribution in [-0.2, 0) is 4.74 Å². The number of hydrogen-bond donors (Lipinski definition) is 1. The van der Waals surface area contributed by atoms with E-state index < -0.39 is 0 Å². The molecule has 0 amide bonds. The van der Waals surface area contributed by atoms with Gasteiger partial charge in [0.1, 0.15) is 0 Å². The van der Waals surface area contributed by atoms with Crippen LogP contribution in [0.15, 0.2) is 0 Å². The summed E-state index contributed by atoms with van der Waals surface area (Å²) in [5.74, 6) is 2.61. The number of terminal acetylenes is 1. The highest BCUT2D eigenvalue weighted by Crippen LogP contribution is 2.16. The molecular weight excluding hydrogens is 174 g/mol. The molecule has 0 saturated carbocycles. The van der Waals surface area contributed by atoms with Gasteiger partial charge in [-0.1, -0.05) is 6.92 Å². The van der Waals surface area contributed by atoms with Gasteiger partial charge < -0.3 is 10.5 Å². The summed E-state index contributed by atoms with van der Waals surface area (Å²) < 4.78 is 5.69. The Kier molecular flexibility index (Phi) is 5.18. The Hall–Kier alpha value is -0.520. The third-order valence-electron chi connectivity index (χ3n) is 2.50. The minimum atomic E-state index is -0.224. The van der Waals surface area contributed by atoms with Gasteiger partial charge in [0.25, 0.3) is 0 Å². The van der Waals surface area contributed by atoms with Gasteiger partial charge in [-0.05, 0) is 33.6 Å². The van der Waals surface area contributed by atoms with Gasteiger partial charge in [0, 0.05) is 18.6 Å². The van der Waals surface area contributed by atoms with Crippen molar-refractivity contribution in [1.29, 1.82) is 0 Å². The van der Waals surface area contributed by atoms with E-state index in [1.165, 1.54) is 0 Å². The largest absolute Gasteiger partial charge is 0.375 e. The molecule has 0 spiro atoms. The molecule has 0 aromatic heterocycles. The predicted molar refractivity (Wildman–Crippen MR) is 61.0 cm³/mol.